The number of aryl methyl sites for hydroxylation is 1. The van der Waals surface area contributed by atoms with Gasteiger partial charge in [-0.05, 0) is 49.1 Å². The number of aliphatic hydroxyl groups excluding tert-OH is 1. The van der Waals surface area contributed by atoms with E-state index in [1.54, 1.807) is 17.3 Å². The van der Waals surface area contributed by atoms with E-state index in [0.717, 1.165) is 29.7 Å². The van der Waals surface area contributed by atoms with E-state index in [0.29, 0.717) is 29.7 Å². The van der Waals surface area contributed by atoms with Crippen LogP contribution in [0.4, 0.5) is 17.5 Å². The maximum absolute atomic E-state index is 12.2. The molecule has 0 saturated heterocycles. The lowest BCUT2D eigenvalue weighted by molar-refractivity contribution is 0.0781. The number of aromatic nitrogens is 3. The predicted molar refractivity (Wildman–Crippen MR) is 134 cm³/mol. The molecule has 35 heavy (non-hydrogen) atoms. The number of aliphatic hydroxyl groups is 1. The molecule has 0 radical (unpaired) electrons. The van der Waals surface area contributed by atoms with E-state index >= 15 is 0 Å². The van der Waals surface area contributed by atoms with E-state index in [-0.39, 0.29) is 18.3 Å². The Kier molecular flexibility index (Phi) is 7.37. The number of hydrogen-bond donors (Lipinski definition) is 3. The van der Waals surface area contributed by atoms with Crippen molar-refractivity contribution in [2.75, 3.05) is 31.2 Å². The van der Waals surface area contributed by atoms with Crippen molar-refractivity contribution < 1.29 is 14.3 Å². The highest BCUT2D eigenvalue weighted by atomic mass is 16.4. The van der Waals surface area contributed by atoms with Gasteiger partial charge in [0.05, 0.1) is 11.8 Å². The molecule has 1 aliphatic heterocycles. The molecule has 9 nitrogen and oxygen atoms in total. The van der Waals surface area contributed by atoms with Crippen molar-refractivity contribution >= 4 is 23.4 Å². The fourth-order valence-corrected chi connectivity index (χ4v) is 3.68. The van der Waals surface area contributed by atoms with Crippen molar-refractivity contribution in [2.24, 2.45) is 0 Å². The number of nitrogens with zero attached hydrogens (tertiary/aromatic N) is 4. The Hall–Kier alpha value is -4.24. The summed E-state index contributed by atoms with van der Waals surface area (Å²) >= 11 is 0. The molecule has 1 aliphatic rings. The molecule has 0 aliphatic carbocycles. The summed E-state index contributed by atoms with van der Waals surface area (Å²) in [5.41, 5.74) is 10.3. The molecular formula is C26H28N6O3. The number of amides is 1. The lowest BCUT2D eigenvalue weighted by atomic mass is 9.99. The van der Waals surface area contributed by atoms with Crippen LogP contribution in [0.15, 0.2) is 65.3 Å². The number of hydrogen-bond acceptors (Lipinski definition) is 8. The molecule has 0 fully saturated rings. The minimum Gasteiger partial charge on any atom is -0.441 e. The average Bonchev–Trinajstić information content (AvgIpc) is 3.29. The second kappa shape index (κ2) is 10.8. The summed E-state index contributed by atoms with van der Waals surface area (Å²) in [6.07, 6.45) is 4.78. The molecule has 0 unspecified atom stereocenters. The Morgan fingerprint density at radius 3 is 2.60 bits per heavy atom. The van der Waals surface area contributed by atoms with Crippen LogP contribution in [0.3, 0.4) is 0 Å². The van der Waals surface area contributed by atoms with Crippen molar-refractivity contribution in [3.8, 4) is 11.5 Å². The highest BCUT2D eigenvalue weighted by Crippen LogP contribution is 2.26. The zero-order valence-electron chi connectivity index (χ0n) is 19.7. The normalized spacial score (nSPS) is 12.5. The molecule has 0 saturated carbocycles. The summed E-state index contributed by atoms with van der Waals surface area (Å²) in [7, 11) is 1.81. The highest BCUT2D eigenvalue weighted by molar-refractivity contribution is 5.97. The highest BCUT2D eigenvalue weighted by Gasteiger charge is 2.21. The number of anilines is 3. The number of rotatable bonds is 5. The van der Waals surface area contributed by atoms with Gasteiger partial charge in [-0.25, -0.2) is 9.97 Å². The Morgan fingerprint density at radius 2 is 1.91 bits per heavy atom. The summed E-state index contributed by atoms with van der Waals surface area (Å²) in [6.45, 7) is 2.76. The van der Waals surface area contributed by atoms with Crippen molar-refractivity contribution in [1.82, 2.24) is 19.9 Å². The van der Waals surface area contributed by atoms with Crippen LogP contribution in [-0.4, -0.2) is 51.1 Å². The molecule has 0 bridgehead atoms. The van der Waals surface area contributed by atoms with Crippen LogP contribution in [0.25, 0.3) is 11.5 Å². The maximum atomic E-state index is 12.2. The Balaban J connectivity index is 0.000000271. The van der Waals surface area contributed by atoms with Crippen LogP contribution in [0.5, 0.6) is 0 Å². The standard InChI is InChI=1S/C18H18N6O2.C8H10O/c1-10-8-20-16(26-10)14-9-21-18(23-15(14)19)22-12-3-4-13-11(7-12)5-6-24(2)17(13)25;9-7-6-8-4-2-1-3-5-8/h3-4,7-9H,5-6H2,1-2H3,(H3,19,21,22,23);1-5,9H,6-7H2. The fraction of sp³-hybridized carbons (Fsp3) is 0.231. The van der Waals surface area contributed by atoms with Crippen molar-refractivity contribution in [3.05, 3.63) is 83.4 Å². The number of fused-ring (bicyclic) bond motifs is 1. The van der Waals surface area contributed by atoms with Gasteiger partial charge in [0.1, 0.15) is 11.6 Å². The first-order valence-electron chi connectivity index (χ1n) is 11.3. The first-order valence-corrected chi connectivity index (χ1v) is 11.3. The average molecular weight is 473 g/mol. The number of benzene rings is 2. The van der Waals surface area contributed by atoms with Crippen molar-refractivity contribution in [3.63, 3.8) is 0 Å². The van der Waals surface area contributed by atoms with Gasteiger partial charge in [-0.1, -0.05) is 30.3 Å². The summed E-state index contributed by atoms with van der Waals surface area (Å²) in [4.78, 5) is 26.6. The predicted octanol–water partition coefficient (Wildman–Crippen LogP) is 3.62. The lowest BCUT2D eigenvalue weighted by Gasteiger charge is -2.25. The first-order chi connectivity index (χ1) is 16.9. The summed E-state index contributed by atoms with van der Waals surface area (Å²) < 4.78 is 5.46. The molecule has 5 rings (SSSR count). The number of carbonyl (C=O) groups excluding carboxylic acids is 1. The van der Waals surface area contributed by atoms with Crippen LogP contribution in [0, 0.1) is 6.92 Å². The van der Waals surface area contributed by atoms with Gasteiger partial charge in [-0.15, -0.1) is 0 Å². The number of nitrogen functional groups attached to an aromatic ring is 1. The third-order valence-electron chi connectivity index (χ3n) is 5.57. The summed E-state index contributed by atoms with van der Waals surface area (Å²) in [6, 6.07) is 15.6. The summed E-state index contributed by atoms with van der Waals surface area (Å²) in [5.74, 6) is 1.77. The largest absolute Gasteiger partial charge is 0.441 e. The SMILES string of the molecule is Cc1cnc(-c2cnc(Nc3ccc4c(c3)CCN(C)C4=O)nc2N)o1.OCCc1ccccc1. The van der Waals surface area contributed by atoms with E-state index in [1.165, 1.54) is 5.56 Å². The zero-order chi connectivity index (χ0) is 24.8. The number of carbonyl (C=O) groups is 1. The van der Waals surface area contributed by atoms with Crippen LogP contribution >= 0.6 is 0 Å². The fourth-order valence-electron chi connectivity index (χ4n) is 3.68. The third-order valence-corrected chi connectivity index (χ3v) is 5.57. The third kappa shape index (κ3) is 5.82. The Labute approximate surface area is 203 Å². The van der Waals surface area contributed by atoms with Crippen LogP contribution < -0.4 is 11.1 Å². The van der Waals surface area contributed by atoms with Gasteiger partial charge in [0.25, 0.3) is 5.91 Å². The molecular weight excluding hydrogens is 444 g/mol. The van der Waals surface area contributed by atoms with Gasteiger partial charge >= 0.3 is 0 Å². The van der Waals surface area contributed by atoms with E-state index in [4.69, 9.17) is 15.3 Å². The molecule has 180 valence electrons. The smallest absolute Gasteiger partial charge is 0.253 e. The van der Waals surface area contributed by atoms with E-state index in [1.807, 2.05) is 62.5 Å². The second-order valence-electron chi connectivity index (χ2n) is 8.20. The minimum atomic E-state index is 0.0453. The van der Waals surface area contributed by atoms with Crippen molar-refractivity contribution in [2.45, 2.75) is 19.8 Å². The van der Waals surface area contributed by atoms with Gasteiger partial charge in [0.15, 0.2) is 0 Å². The first kappa shape index (κ1) is 23.9. The molecule has 0 spiro atoms. The monoisotopic (exact) mass is 472 g/mol. The molecule has 2 aromatic heterocycles. The van der Waals surface area contributed by atoms with E-state index in [9.17, 15) is 4.79 Å². The zero-order valence-corrected chi connectivity index (χ0v) is 19.7. The number of likely N-dealkylation sites (N-methyl/N-ethyl adjacent to an activating group) is 1. The van der Waals surface area contributed by atoms with Gasteiger partial charge in [0.2, 0.25) is 11.8 Å². The Morgan fingerprint density at radius 1 is 1.11 bits per heavy atom. The number of nitrogens with two attached hydrogens (primary N) is 1. The van der Waals surface area contributed by atoms with E-state index in [2.05, 4.69) is 20.3 Å². The molecule has 0 atom stereocenters. The van der Waals surface area contributed by atoms with Gasteiger partial charge in [0, 0.05) is 37.6 Å². The number of oxazole rings is 1. The van der Waals surface area contributed by atoms with Gasteiger partial charge < -0.3 is 25.5 Å². The molecule has 3 heterocycles. The minimum absolute atomic E-state index is 0.0453. The lowest BCUT2D eigenvalue weighted by Crippen LogP contribution is -2.34. The van der Waals surface area contributed by atoms with E-state index < -0.39 is 0 Å². The van der Waals surface area contributed by atoms with Gasteiger partial charge in [-0.2, -0.15) is 4.98 Å². The molecule has 1 amide bonds. The summed E-state index contributed by atoms with van der Waals surface area (Å²) in [5, 5.41) is 11.6. The van der Waals surface area contributed by atoms with Crippen LogP contribution in [-0.2, 0) is 12.8 Å². The van der Waals surface area contributed by atoms with Gasteiger partial charge in [-0.3, -0.25) is 4.79 Å². The molecule has 4 N–H and O–H groups in total. The topological polar surface area (TPSA) is 130 Å². The number of nitrogens with one attached hydrogen (secondary N) is 1. The van der Waals surface area contributed by atoms with Crippen LogP contribution in [0.1, 0.15) is 27.2 Å². The molecule has 4 aromatic rings. The maximum Gasteiger partial charge on any atom is 0.253 e. The molecule has 9 heteroatoms. The van der Waals surface area contributed by atoms with Crippen LogP contribution in [0.2, 0.25) is 0 Å². The Bertz CT molecular complexity index is 1310. The molecule has 2 aromatic carbocycles. The second-order valence-corrected chi connectivity index (χ2v) is 8.20. The quantitative estimate of drug-likeness (QED) is 0.402. The van der Waals surface area contributed by atoms with Crippen molar-refractivity contribution in [1.29, 1.82) is 0 Å².